The lowest BCUT2D eigenvalue weighted by molar-refractivity contribution is -0.0873. The van der Waals surface area contributed by atoms with Gasteiger partial charge < -0.3 is 14.8 Å². The molecule has 19 heavy (non-hydrogen) atoms. The second kappa shape index (κ2) is 8.90. The summed E-state index contributed by atoms with van der Waals surface area (Å²) in [4.78, 5) is 2.64. The Hall–Kier alpha value is -0.160. The maximum absolute atomic E-state index is 5.91. The molecular weight excluding hydrogens is 240 g/mol. The molecule has 1 saturated carbocycles. The smallest absolute Gasteiger partial charge is 0.0730 e. The van der Waals surface area contributed by atoms with Gasteiger partial charge in [-0.3, -0.25) is 4.90 Å². The first-order chi connectivity index (χ1) is 9.42. The van der Waals surface area contributed by atoms with Gasteiger partial charge in [-0.15, -0.1) is 0 Å². The molecule has 1 N–H and O–H groups in total. The Morgan fingerprint density at radius 1 is 1.26 bits per heavy atom. The normalized spacial score (nSPS) is 28.3. The Bertz CT molecular complexity index is 236. The van der Waals surface area contributed by atoms with Crippen LogP contribution in [0.5, 0.6) is 0 Å². The van der Waals surface area contributed by atoms with Crippen LogP contribution in [0.15, 0.2) is 0 Å². The summed E-state index contributed by atoms with van der Waals surface area (Å²) in [6.07, 6.45) is 6.95. The summed E-state index contributed by atoms with van der Waals surface area (Å²) in [7, 11) is 0. The van der Waals surface area contributed by atoms with Crippen LogP contribution >= 0.6 is 0 Å². The van der Waals surface area contributed by atoms with E-state index in [1.807, 2.05) is 6.92 Å². The summed E-state index contributed by atoms with van der Waals surface area (Å²) in [5, 5.41) is 3.52. The lowest BCUT2D eigenvalue weighted by atomic mass is 9.90. The third-order valence-corrected chi connectivity index (χ3v) is 4.27. The average molecular weight is 270 g/mol. The highest BCUT2D eigenvalue weighted by molar-refractivity contribution is 4.87. The lowest BCUT2D eigenvalue weighted by Crippen LogP contribution is -2.54. The SMILES string of the molecule is CCOCCCNCCN1CCOC2CCCCC21. The van der Waals surface area contributed by atoms with E-state index < -0.39 is 0 Å². The molecule has 0 aromatic rings. The number of hydrogen-bond acceptors (Lipinski definition) is 4. The molecule has 0 aromatic carbocycles. The summed E-state index contributed by atoms with van der Waals surface area (Å²) in [6, 6.07) is 0.688. The molecule has 2 unspecified atom stereocenters. The van der Waals surface area contributed by atoms with E-state index >= 15 is 0 Å². The van der Waals surface area contributed by atoms with Gasteiger partial charge in [0.05, 0.1) is 12.7 Å². The van der Waals surface area contributed by atoms with Crippen molar-refractivity contribution in [3.8, 4) is 0 Å². The molecule has 2 rings (SSSR count). The zero-order valence-corrected chi connectivity index (χ0v) is 12.4. The fourth-order valence-electron chi connectivity index (χ4n) is 3.25. The van der Waals surface area contributed by atoms with E-state index in [1.165, 1.54) is 32.2 Å². The summed E-state index contributed by atoms with van der Waals surface area (Å²) < 4.78 is 11.2. The van der Waals surface area contributed by atoms with Crippen molar-refractivity contribution in [2.75, 3.05) is 46.0 Å². The van der Waals surface area contributed by atoms with Gasteiger partial charge in [-0.1, -0.05) is 12.8 Å². The van der Waals surface area contributed by atoms with Crippen molar-refractivity contribution < 1.29 is 9.47 Å². The summed E-state index contributed by atoms with van der Waals surface area (Å²) in [6.45, 7) is 9.12. The van der Waals surface area contributed by atoms with Gasteiger partial charge in [-0.05, 0) is 32.7 Å². The molecule has 4 heteroatoms. The first-order valence-corrected chi connectivity index (χ1v) is 8.06. The van der Waals surface area contributed by atoms with Crippen molar-refractivity contribution >= 4 is 0 Å². The Kier molecular flexibility index (Phi) is 7.14. The van der Waals surface area contributed by atoms with Crippen LogP contribution in [0.4, 0.5) is 0 Å². The number of fused-ring (bicyclic) bond motifs is 1. The Balaban J connectivity index is 1.56. The Labute approximate surface area is 117 Å². The fourth-order valence-corrected chi connectivity index (χ4v) is 3.25. The van der Waals surface area contributed by atoms with Crippen LogP contribution in [-0.4, -0.2) is 63.0 Å². The van der Waals surface area contributed by atoms with E-state index in [-0.39, 0.29) is 0 Å². The van der Waals surface area contributed by atoms with Gasteiger partial charge in [0.25, 0.3) is 0 Å². The highest BCUT2D eigenvalue weighted by Gasteiger charge is 2.33. The predicted octanol–water partition coefficient (Wildman–Crippen LogP) is 1.65. The highest BCUT2D eigenvalue weighted by atomic mass is 16.5. The van der Waals surface area contributed by atoms with Crippen LogP contribution in [0.2, 0.25) is 0 Å². The van der Waals surface area contributed by atoms with Gasteiger partial charge in [0, 0.05) is 38.9 Å². The van der Waals surface area contributed by atoms with Crippen LogP contribution < -0.4 is 5.32 Å². The summed E-state index contributed by atoms with van der Waals surface area (Å²) >= 11 is 0. The molecule has 0 amide bonds. The van der Waals surface area contributed by atoms with E-state index in [0.717, 1.165) is 45.9 Å². The minimum absolute atomic E-state index is 0.514. The first kappa shape index (κ1) is 15.2. The van der Waals surface area contributed by atoms with Gasteiger partial charge in [-0.25, -0.2) is 0 Å². The largest absolute Gasteiger partial charge is 0.382 e. The standard InChI is InChI=1S/C15H30N2O2/c1-2-18-12-5-8-16-9-10-17-11-13-19-15-7-4-3-6-14(15)17/h14-16H,2-13H2,1H3. The van der Waals surface area contributed by atoms with E-state index in [9.17, 15) is 0 Å². The Morgan fingerprint density at radius 3 is 3.05 bits per heavy atom. The van der Waals surface area contributed by atoms with Crippen molar-refractivity contribution in [1.29, 1.82) is 0 Å². The van der Waals surface area contributed by atoms with Crippen LogP contribution in [-0.2, 0) is 9.47 Å². The summed E-state index contributed by atoms with van der Waals surface area (Å²) in [5.41, 5.74) is 0. The minimum atomic E-state index is 0.514. The second-order valence-corrected chi connectivity index (χ2v) is 5.60. The molecule has 1 heterocycles. The number of morpholine rings is 1. The number of hydrogen-bond donors (Lipinski definition) is 1. The maximum Gasteiger partial charge on any atom is 0.0730 e. The molecule has 2 atom stereocenters. The molecule has 2 aliphatic rings. The Morgan fingerprint density at radius 2 is 2.16 bits per heavy atom. The van der Waals surface area contributed by atoms with Crippen molar-refractivity contribution in [3.63, 3.8) is 0 Å². The average Bonchev–Trinajstić information content (AvgIpc) is 2.46. The molecule has 0 radical (unpaired) electrons. The molecule has 0 aromatic heterocycles. The molecule has 1 aliphatic heterocycles. The van der Waals surface area contributed by atoms with Gasteiger partial charge in [0.2, 0.25) is 0 Å². The van der Waals surface area contributed by atoms with E-state index in [1.54, 1.807) is 0 Å². The third-order valence-electron chi connectivity index (χ3n) is 4.27. The number of nitrogens with one attached hydrogen (secondary N) is 1. The fraction of sp³-hybridized carbons (Fsp3) is 1.00. The van der Waals surface area contributed by atoms with Gasteiger partial charge in [0.1, 0.15) is 0 Å². The molecular formula is C15H30N2O2. The monoisotopic (exact) mass is 270 g/mol. The number of rotatable bonds is 8. The quantitative estimate of drug-likeness (QED) is 0.680. The molecule has 112 valence electrons. The van der Waals surface area contributed by atoms with Crippen molar-refractivity contribution in [2.24, 2.45) is 0 Å². The molecule has 1 saturated heterocycles. The van der Waals surface area contributed by atoms with Crippen LogP contribution in [0.3, 0.4) is 0 Å². The van der Waals surface area contributed by atoms with Crippen LogP contribution in [0.1, 0.15) is 39.0 Å². The zero-order valence-electron chi connectivity index (χ0n) is 12.4. The van der Waals surface area contributed by atoms with Gasteiger partial charge in [0.15, 0.2) is 0 Å². The van der Waals surface area contributed by atoms with Crippen LogP contribution in [0, 0.1) is 0 Å². The van der Waals surface area contributed by atoms with Crippen molar-refractivity contribution in [1.82, 2.24) is 10.2 Å². The predicted molar refractivity (Wildman–Crippen MR) is 77.5 cm³/mol. The van der Waals surface area contributed by atoms with Crippen molar-refractivity contribution in [2.45, 2.75) is 51.2 Å². The van der Waals surface area contributed by atoms with Gasteiger partial charge >= 0.3 is 0 Å². The molecule has 0 bridgehead atoms. The van der Waals surface area contributed by atoms with Crippen LogP contribution in [0.25, 0.3) is 0 Å². The minimum Gasteiger partial charge on any atom is -0.382 e. The molecule has 2 fully saturated rings. The van der Waals surface area contributed by atoms with Crippen molar-refractivity contribution in [3.05, 3.63) is 0 Å². The van der Waals surface area contributed by atoms with E-state index in [4.69, 9.17) is 9.47 Å². The molecule has 0 spiro atoms. The van der Waals surface area contributed by atoms with E-state index in [0.29, 0.717) is 12.1 Å². The van der Waals surface area contributed by atoms with E-state index in [2.05, 4.69) is 10.2 Å². The topological polar surface area (TPSA) is 33.7 Å². The molecule has 1 aliphatic carbocycles. The third kappa shape index (κ3) is 5.03. The number of ether oxygens (including phenoxy) is 2. The van der Waals surface area contributed by atoms with Gasteiger partial charge in [-0.2, -0.15) is 0 Å². The second-order valence-electron chi connectivity index (χ2n) is 5.60. The maximum atomic E-state index is 5.91. The lowest BCUT2D eigenvalue weighted by Gasteiger charge is -2.43. The first-order valence-electron chi connectivity index (χ1n) is 8.06. The zero-order chi connectivity index (χ0) is 13.3. The number of nitrogens with zero attached hydrogens (tertiary/aromatic N) is 1. The highest BCUT2D eigenvalue weighted by Crippen LogP contribution is 2.27. The summed E-state index contributed by atoms with van der Waals surface area (Å²) in [5.74, 6) is 0. The molecule has 4 nitrogen and oxygen atoms in total.